The molecule has 0 saturated carbocycles. The summed E-state index contributed by atoms with van der Waals surface area (Å²) in [5, 5.41) is 0. The SMILES string of the molecule is Cc1cc(C=O)c(C)n1CCc1ccc(F)cc1. The van der Waals surface area contributed by atoms with E-state index in [1.165, 1.54) is 12.1 Å². The second-order valence-electron chi connectivity index (χ2n) is 4.47. The quantitative estimate of drug-likeness (QED) is 0.757. The molecule has 0 N–H and O–H groups in total. The van der Waals surface area contributed by atoms with Gasteiger partial charge in [0, 0.05) is 23.5 Å². The van der Waals surface area contributed by atoms with Crippen LogP contribution in [0.15, 0.2) is 30.3 Å². The predicted molar refractivity (Wildman–Crippen MR) is 69.4 cm³/mol. The van der Waals surface area contributed by atoms with Gasteiger partial charge in [-0.1, -0.05) is 12.1 Å². The minimum Gasteiger partial charge on any atom is -0.348 e. The molecule has 0 aliphatic rings. The zero-order chi connectivity index (χ0) is 13.1. The van der Waals surface area contributed by atoms with Crippen molar-refractivity contribution in [3.63, 3.8) is 0 Å². The van der Waals surface area contributed by atoms with E-state index in [-0.39, 0.29) is 5.82 Å². The number of nitrogens with zero attached hydrogens (tertiary/aromatic N) is 1. The first-order chi connectivity index (χ1) is 8.61. The third kappa shape index (κ3) is 2.50. The molecular formula is C15H16FNO. The molecule has 0 saturated heterocycles. The lowest BCUT2D eigenvalue weighted by molar-refractivity contribution is 0.112. The van der Waals surface area contributed by atoms with E-state index < -0.39 is 0 Å². The average Bonchev–Trinajstić information content (AvgIpc) is 2.64. The molecule has 1 heterocycles. The Kier molecular flexibility index (Phi) is 3.60. The largest absolute Gasteiger partial charge is 0.348 e. The summed E-state index contributed by atoms with van der Waals surface area (Å²) in [6.45, 7) is 4.74. The lowest BCUT2D eigenvalue weighted by atomic mass is 10.1. The highest BCUT2D eigenvalue weighted by atomic mass is 19.1. The van der Waals surface area contributed by atoms with Gasteiger partial charge in [-0.15, -0.1) is 0 Å². The van der Waals surface area contributed by atoms with Crippen LogP contribution in [0.1, 0.15) is 27.3 Å². The number of aldehydes is 1. The highest BCUT2D eigenvalue weighted by Gasteiger charge is 2.07. The fourth-order valence-electron chi connectivity index (χ4n) is 2.18. The molecule has 1 aromatic heterocycles. The number of benzene rings is 1. The Morgan fingerprint density at radius 2 is 1.89 bits per heavy atom. The summed E-state index contributed by atoms with van der Waals surface area (Å²) in [5.74, 6) is -0.213. The van der Waals surface area contributed by atoms with E-state index in [2.05, 4.69) is 4.57 Å². The Morgan fingerprint density at radius 3 is 2.44 bits per heavy atom. The summed E-state index contributed by atoms with van der Waals surface area (Å²) in [4.78, 5) is 10.8. The van der Waals surface area contributed by atoms with Crippen molar-refractivity contribution in [2.75, 3.05) is 0 Å². The van der Waals surface area contributed by atoms with Crippen LogP contribution < -0.4 is 0 Å². The van der Waals surface area contributed by atoms with Gasteiger partial charge in [-0.25, -0.2) is 4.39 Å². The molecule has 0 amide bonds. The second kappa shape index (κ2) is 5.17. The van der Waals surface area contributed by atoms with Crippen LogP contribution >= 0.6 is 0 Å². The topological polar surface area (TPSA) is 22.0 Å². The molecule has 2 rings (SSSR count). The van der Waals surface area contributed by atoms with Crippen LogP contribution in [-0.2, 0) is 13.0 Å². The number of aromatic nitrogens is 1. The summed E-state index contributed by atoms with van der Waals surface area (Å²) >= 11 is 0. The number of rotatable bonds is 4. The van der Waals surface area contributed by atoms with E-state index in [1.54, 1.807) is 12.1 Å². The van der Waals surface area contributed by atoms with Gasteiger partial charge >= 0.3 is 0 Å². The molecule has 0 bridgehead atoms. The van der Waals surface area contributed by atoms with Crippen LogP contribution in [0.5, 0.6) is 0 Å². The monoisotopic (exact) mass is 245 g/mol. The average molecular weight is 245 g/mol. The third-order valence-electron chi connectivity index (χ3n) is 3.28. The molecule has 0 atom stereocenters. The van der Waals surface area contributed by atoms with E-state index in [1.807, 2.05) is 19.9 Å². The van der Waals surface area contributed by atoms with Gasteiger partial charge in [-0.2, -0.15) is 0 Å². The first-order valence-electron chi connectivity index (χ1n) is 5.98. The van der Waals surface area contributed by atoms with Gasteiger partial charge in [0.25, 0.3) is 0 Å². The molecule has 3 heteroatoms. The molecule has 18 heavy (non-hydrogen) atoms. The van der Waals surface area contributed by atoms with Crippen molar-refractivity contribution in [1.29, 1.82) is 0 Å². The van der Waals surface area contributed by atoms with Gasteiger partial charge in [0.1, 0.15) is 5.82 Å². The number of halogens is 1. The Hall–Kier alpha value is -1.90. The van der Waals surface area contributed by atoms with Gasteiger partial charge in [0.2, 0.25) is 0 Å². The number of hydrogen-bond acceptors (Lipinski definition) is 1. The van der Waals surface area contributed by atoms with Crippen LogP contribution in [0.3, 0.4) is 0 Å². The zero-order valence-electron chi connectivity index (χ0n) is 10.6. The summed E-state index contributed by atoms with van der Waals surface area (Å²) in [6.07, 6.45) is 1.71. The van der Waals surface area contributed by atoms with Crippen LogP contribution in [0, 0.1) is 19.7 Å². The van der Waals surface area contributed by atoms with E-state index in [0.29, 0.717) is 0 Å². The maximum Gasteiger partial charge on any atom is 0.151 e. The maximum absolute atomic E-state index is 12.8. The van der Waals surface area contributed by atoms with Crippen LogP contribution in [0.25, 0.3) is 0 Å². The summed E-state index contributed by atoms with van der Waals surface area (Å²) in [6, 6.07) is 8.43. The number of hydrogen-bond donors (Lipinski definition) is 0. The highest BCUT2D eigenvalue weighted by Crippen LogP contribution is 2.14. The van der Waals surface area contributed by atoms with Crippen molar-refractivity contribution >= 4 is 6.29 Å². The van der Waals surface area contributed by atoms with Crippen LogP contribution in [0.2, 0.25) is 0 Å². The van der Waals surface area contributed by atoms with E-state index >= 15 is 0 Å². The predicted octanol–water partition coefficient (Wildman–Crippen LogP) is 3.30. The lowest BCUT2D eigenvalue weighted by Gasteiger charge is -2.09. The van der Waals surface area contributed by atoms with Crippen LogP contribution in [0.4, 0.5) is 4.39 Å². The fraction of sp³-hybridized carbons (Fsp3) is 0.267. The van der Waals surface area contributed by atoms with Crippen molar-refractivity contribution < 1.29 is 9.18 Å². The van der Waals surface area contributed by atoms with Crippen molar-refractivity contribution in [3.8, 4) is 0 Å². The maximum atomic E-state index is 12.8. The van der Waals surface area contributed by atoms with E-state index in [0.717, 1.165) is 41.8 Å². The Labute approximate surface area is 106 Å². The normalized spacial score (nSPS) is 10.6. The minimum absolute atomic E-state index is 0.213. The first kappa shape index (κ1) is 12.6. The third-order valence-corrected chi connectivity index (χ3v) is 3.28. The molecule has 94 valence electrons. The van der Waals surface area contributed by atoms with E-state index in [4.69, 9.17) is 0 Å². The molecule has 2 aromatic rings. The zero-order valence-corrected chi connectivity index (χ0v) is 10.6. The lowest BCUT2D eigenvalue weighted by Crippen LogP contribution is -2.05. The Morgan fingerprint density at radius 1 is 1.22 bits per heavy atom. The molecule has 2 nitrogen and oxygen atoms in total. The summed E-state index contributed by atoms with van der Waals surface area (Å²) in [7, 11) is 0. The van der Waals surface area contributed by atoms with Gasteiger partial charge in [0.05, 0.1) is 0 Å². The Balaban J connectivity index is 2.13. The summed E-state index contributed by atoms with van der Waals surface area (Å²) < 4.78 is 14.9. The fourth-order valence-corrected chi connectivity index (χ4v) is 2.18. The van der Waals surface area contributed by atoms with Crippen LogP contribution in [-0.4, -0.2) is 10.9 Å². The molecule has 0 aliphatic heterocycles. The smallest absolute Gasteiger partial charge is 0.151 e. The summed E-state index contributed by atoms with van der Waals surface area (Å²) in [5.41, 5.74) is 3.91. The van der Waals surface area contributed by atoms with E-state index in [9.17, 15) is 9.18 Å². The molecular weight excluding hydrogens is 229 g/mol. The second-order valence-corrected chi connectivity index (χ2v) is 4.47. The molecule has 0 unspecified atom stereocenters. The number of carbonyl (C=O) groups excluding carboxylic acids is 1. The first-order valence-corrected chi connectivity index (χ1v) is 5.98. The van der Waals surface area contributed by atoms with Gasteiger partial charge in [-0.3, -0.25) is 4.79 Å². The van der Waals surface area contributed by atoms with Crippen molar-refractivity contribution in [3.05, 3.63) is 58.7 Å². The number of aryl methyl sites for hydroxylation is 2. The van der Waals surface area contributed by atoms with Gasteiger partial charge in [-0.05, 0) is 44.0 Å². The molecule has 0 fully saturated rings. The minimum atomic E-state index is -0.213. The molecule has 0 spiro atoms. The highest BCUT2D eigenvalue weighted by molar-refractivity contribution is 5.77. The Bertz CT molecular complexity index is 555. The van der Waals surface area contributed by atoms with Crippen molar-refractivity contribution in [2.45, 2.75) is 26.8 Å². The molecule has 1 aromatic carbocycles. The van der Waals surface area contributed by atoms with Crippen molar-refractivity contribution in [2.24, 2.45) is 0 Å². The van der Waals surface area contributed by atoms with Gasteiger partial charge < -0.3 is 4.57 Å². The molecule has 0 aliphatic carbocycles. The molecule has 0 radical (unpaired) electrons. The standard InChI is InChI=1S/C15H16FNO/c1-11-9-14(10-18)12(2)17(11)8-7-13-3-5-15(16)6-4-13/h3-6,9-10H,7-8H2,1-2H3. The number of carbonyl (C=O) groups is 1. The van der Waals surface area contributed by atoms with Gasteiger partial charge in [0.15, 0.2) is 6.29 Å². The van der Waals surface area contributed by atoms with Crippen molar-refractivity contribution in [1.82, 2.24) is 4.57 Å².